The number of alkyl halides is 2. The molecule has 2 nitrogen and oxygen atoms in total. The topological polar surface area (TPSA) is 20.3 Å². The van der Waals surface area contributed by atoms with Gasteiger partial charge in [-0.25, -0.2) is 0 Å². The molecule has 0 spiro atoms. The van der Waals surface area contributed by atoms with Crippen LogP contribution in [-0.4, -0.2) is 23.3 Å². The summed E-state index contributed by atoms with van der Waals surface area (Å²) in [6.07, 6.45) is -1.30. The van der Waals surface area contributed by atoms with E-state index in [1.807, 2.05) is 0 Å². The van der Waals surface area contributed by atoms with E-state index in [0.717, 1.165) is 18.4 Å². The molecule has 2 rings (SSSR count). The van der Waals surface area contributed by atoms with Crippen LogP contribution in [0, 0.1) is 0 Å². The summed E-state index contributed by atoms with van der Waals surface area (Å²) < 4.78 is 24.8. The molecule has 1 aromatic rings. The van der Waals surface area contributed by atoms with Crippen molar-refractivity contribution in [1.82, 2.24) is 4.90 Å². The van der Waals surface area contributed by atoms with E-state index in [-0.39, 0.29) is 12.6 Å². The lowest BCUT2D eigenvalue weighted by Crippen LogP contribution is -2.36. The molecule has 1 saturated carbocycles. The molecule has 1 aliphatic rings. The molecule has 0 heterocycles. The van der Waals surface area contributed by atoms with Crippen LogP contribution in [0.3, 0.4) is 0 Å². The molecule has 1 fully saturated rings. The van der Waals surface area contributed by atoms with Gasteiger partial charge in [-0.3, -0.25) is 4.79 Å². The molecule has 0 unspecified atom stereocenters. The number of hydrogen-bond donors (Lipinski definition) is 0. The fourth-order valence-corrected chi connectivity index (χ4v) is 1.81. The smallest absolute Gasteiger partial charge is 0.315 e. The maximum Gasteiger partial charge on any atom is 0.315 e. The minimum Gasteiger partial charge on any atom is -0.330 e. The van der Waals surface area contributed by atoms with E-state index in [9.17, 15) is 13.6 Å². The average Bonchev–Trinajstić information content (AvgIpc) is 3.11. The van der Waals surface area contributed by atoms with Gasteiger partial charge < -0.3 is 4.90 Å². The van der Waals surface area contributed by atoms with Gasteiger partial charge in [-0.1, -0.05) is 23.7 Å². The van der Waals surface area contributed by atoms with E-state index in [0.29, 0.717) is 5.02 Å². The van der Waals surface area contributed by atoms with Gasteiger partial charge in [0.25, 0.3) is 5.91 Å². The number of carbonyl (C=O) groups is 1. The molecule has 1 aromatic carbocycles. The van der Waals surface area contributed by atoms with Crippen molar-refractivity contribution in [2.75, 3.05) is 0 Å². The maximum absolute atomic E-state index is 12.4. The molecule has 1 amide bonds. The van der Waals surface area contributed by atoms with Crippen LogP contribution in [0.5, 0.6) is 0 Å². The summed E-state index contributed by atoms with van der Waals surface area (Å²) in [7, 11) is 0. The molecular formula is C12H12ClF2NO. The van der Waals surface area contributed by atoms with Gasteiger partial charge in [0.1, 0.15) is 0 Å². The number of nitrogens with zero attached hydrogens (tertiary/aromatic N) is 1. The standard InChI is InChI=1S/C12H12ClF2NO/c13-9-3-1-8(2-4-9)7-16(10-5-6-10)12(17)11(14)15/h1-4,10-11H,5-7H2. The lowest BCUT2D eigenvalue weighted by molar-refractivity contribution is -0.144. The van der Waals surface area contributed by atoms with Gasteiger partial charge in [0, 0.05) is 17.6 Å². The first-order valence-electron chi connectivity index (χ1n) is 5.41. The highest BCUT2D eigenvalue weighted by molar-refractivity contribution is 6.30. The highest BCUT2D eigenvalue weighted by Gasteiger charge is 2.35. The summed E-state index contributed by atoms with van der Waals surface area (Å²) in [5.74, 6) is -1.08. The molecule has 0 atom stereocenters. The molecule has 0 N–H and O–H groups in total. The fraction of sp³-hybridized carbons (Fsp3) is 0.417. The Morgan fingerprint density at radius 3 is 2.41 bits per heavy atom. The van der Waals surface area contributed by atoms with Gasteiger partial charge in [0.2, 0.25) is 0 Å². The van der Waals surface area contributed by atoms with Crippen LogP contribution < -0.4 is 0 Å². The second-order valence-electron chi connectivity index (χ2n) is 4.12. The third-order valence-corrected chi connectivity index (χ3v) is 2.98. The number of rotatable bonds is 4. The van der Waals surface area contributed by atoms with Crippen molar-refractivity contribution in [2.45, 2.75) is 31.9 Å². The van der Waals surface area contributed by atoms with Crippen LogP contribution in [0.1, 0.15) is 18.4 Å². The Morgan fingerprint density at radius 2 is 1.94 bits per heavy atom. The first-order valence-corrected chi connectivity index (χ1v) is 5.79. The fourth-order valence-electron chi connectivity index (χ4n) is 1.69. The minimum atomic E-state index is -2.93. The van der Waals surface area contributed by atoms with Crippen LogP contribution in [0.2, 0.25) is 5.02 Å². The zero-order chi connectivity index (χ0) is 12.4. The largest absolute Gasteiger partial charge is 0.330 e. The second-order valence-corrected chi connectivity index (χ2v) is 4.56. The molecule has 1 aliphatic carbocycles. The van der Waals surface area contributed by atoms with Gasteiger partial charge in [-0.05, 0) is 30.5 Å². The van der Waals surface area contributed by atoms with Crippen LogP contribution in [0.25, 0.3) is 0 Å². The SMILES string of the molecule is O=C(C(F)F)N(Cc1ccc(Cl)cc1)C1CC1. The number of amides is 1. The molecule has 17 heavy (non-hydrogen) atoms. The van der Waals surface area contributed by atoms with E-state index in [1.165, 1.54) is 4.90 Å². The van der Waals surface area contributed by atoms with E-state index in [1.54, 1.807) is 24.3 Å². The van der Waals surface area contributed by atoms with Gasteiger partial charge in [0.05, 0.1) is 0 Å². The quantitative estimate of drug-likeness (QED) is 0.814. The molecule has 0 bridgehead atoms. The lowest BCUT2D eigenvalue weighted by atomic mass is 10.2. The lowest BCUT2D eigenvalue weighted by Gasteiger charge is -2.22. The Labute approximate surface area is 103 Å². The van der Waals surface area contributed by atoms with E-state index >= 15 is 0 Å². The molecule has 0 aliphatic heterocycles. The summed E-state index contributed by atoms with van der Waals surface area (Å²) in [5.41, 5.74) is 0.815. The molecule has 0 radical (unpaired) electrons. The van der Waals surface area contributed by atoms with E-state index in [2.05, 4.69) is 0 Å². The Morgan fingerprint density at radius 1 is 1.35 bits per heavy atom. The van der Waals surface area contributed by atoms with Crippen molar-refractivity contribution < 1.29 is 13.6 Å². The van der Waals surface area contributed by atoms with Gasteiger partial charge >= 0.3 is 6.43 Å². The predicted molar refractivity (Wildman–Crippen MR) is 61.0 cm³/mol. The third kappa shape index (κ3) is 3.16. The van der Waals surface area contributed by atoms with Crippen LogP contribution in [0.15, 0.2) is 24.3 Å². The first-order chi connectivity index (χ1) is 8.08. The number of carbonyl (C=O) groups excluding carboxylic acids is 1. The summed E-state index contributed by atoms with van der Waals surface area (Å²) in [4.78, 5) is 12.6. The van der Waals surface area contributed by atoms with Gasteiger partial charge in [-0.2, -0.15) is 8.78 Å². The van der Waals surface area contributed by atoms with E-state index in [4.69, 9.17) is 11.6 Å². The Hall–Kier alpha value is -1.16. The monoisotopic (exact) mass is 259 g/mol. The Kier molecular flexibility index (Phi) is 3.62. The summed E-state index contributed by atoms with van der Waals surface area (Å²) in [5, 5.41) is 0.590. The first kappa shape index (κ1) is 12.3. The van der Waals surface area contributed by atoms with Crippen LogP contribution in [-0.2, 0) is 11.3 Å². The number of hydrogen-bond acceptors (Lipinski definition) is 1. The second kappa shape index (κ2) is 5.00. The van der Waals surface area contributed by atoms with Crippen molar-refractivity contribution in [3.63, 3.8) is 0 Å². The van der Waals surface area contributed by atoms with Crippen molar-refractivity contribution >= 4 is 17.5 Å². The maximum atomic E-state index is 12.4. The molecule has 0 aromatic heterocycles. The average molecular weight is 260 g/mol. The van der Waals surface area contributed by atoms with Crippen LogP contribution >= 0.6 is 11.6 Å². The van der Waals surface area contributed by atoms with Gasteiger partial charge in [-0.15, -0.1) is 0 Å². The highest BCUT2D eigenvalue weighted by Crippen LogP contribution is 2.29. The summed E-state index contributed by atoms with van der Waals surface area (Å²) in [6.45, 7) is 0.227. The molecule has 92 valence electrons. The molecular weight excluding hydrogens is 248 g/mol. The molecule has 5 heteroatoms. The Bertz CT molecular complexity index is 403. The van der Waals surface area contributed by atoms with Crippen molar-refractivity contribution in [1.29, 1.82) is 0 Å². The highest BCUT2D eigenvalue weighted by atomic mass is 35.5. The van der Waals surface area contributed by atoms with E-state index < -0.39 is 12.3 Å². The van der Waals surface area contributed by atoms with Crippen LogP contribution in [0.4, 0.5) is 8.78 Å². The zero-order valence-electron chi connectivity index (χ0n) is 9.07. The van der Waals surface area contributed by atoms with Gasteiger partial charge in [0.15, 0.2) is 0 Å². The molecule has 0 saturated heterocycles. The summed E-state index contributed by atoms with van der Waals surface area (Å²) >= 11 is 5.74. The normalized spacial score (nSPS) is 15.1. The number of benzene rings is 1. The van der Waals surface area contributed by atoms with Crippen molar-refractivity contribution in [3.8, 4) is 0 Å². The predicted octanol–water partition coefficient (Wildman–Crippen LogP) is 3.10. The third-order valence-electron chi connectivity index (χ3n) is 2.72. The Balaban J connectivity index is 2.07. The zero-order valence-corrected chi connectivity index (χ0v) is 9.83. The van der Waals surface area contributed by atoms with Crippen molar-refractivity contribution in [2.24, 2.45) is 0 Å². The minimum absolute atomic E-state index is 0.0211. The number of halogens is 3. The van der Waals surface area contributed by atoms with Crippen molar-refractivity contribution in [3.05, 3.63) is 34.9 Å². The summed E-state index contributed by atoms with van der Waals surface area (Å²) in [6, 6.07) is 6.85.